The van der Waals surface area contributed by atoms with Crippen LogP contribution in [0.2, 0.25) is 0 Å². The van der Waals surface area contributed by atoms with Gasteiger partial charge in [-0.25, -0.2) is 4.57 Å². The van der Waals surface area contributed by atoms with Gasteiger partial charge in [0, 0.05) is 28.7 Å². The molecule has 1 atom stereocenters. The zero-order chi connectivity index (χ0) is 20.3. The summed E-state index contributed by atoms with van der Waals surface area (Å²) in [6.45, 7) is 1.05. The quantitative estimate of drug-likeness (QED) is 0.491. The maximum absolute atomic E-state index is 8.30. The van der Waals surface area contributed by atoms with Crippen LogP contribution in [0.5, 0.6) is 0 Å². The fraction of sp³-hybridized carbons (Fsp3) is 0.238. The van der Waals surface area contributed by atoms with Crippen molar-refractivity contribution in [3.8, 4) is 11.3 Å². The highest BCUT2D eigenvalue weighted by atomic mass is 16.3. The Morgan fingerprint density at radius 3 is 2.92 bits per heavy atom. The first kappa shape index (κ1) is 11.0. The van der Waals surface area contributed by atoms with E-state index < -0.39 is 12.7 Å². The summed E-state index contributed by atoms with van der Waals surface area (Å²) in [5.41, 5.74) is 5.76. The molecule has 0 amide bonds. The molecule has 24 heavy (non-hydrogen) atoms. The molecular weight excluding hydrogens is 296 g/mol. The minimum atomic E-state index is -2.41. The van der Waals surface area contributed by atoms with E-state index in [1.165, 1.54) is 6.92 Å². The van der Waals surface area contributed by atoms with Crippen LogP contribution in [-0.4, -0.2) is 4.98 Å². The highest BCUT2D eigenvalue weighted by Gasteiger charge is 2.17. The minimum absolute atomic E-state index is 0.449. The molecule has 0 saturated heterocycles. The van der Waals surface area contributed by atoms with Crippen LogP contribution in [0, 0.1) is 6.92 Å². The zero-order valence-electron chi connectivity index (χ0n) is 17.9. The summed E-state index contributed by atoms with van der Waals surface area (Å²) in [6, 6.07) is 11.4. The molecule has 3 nitrogen and oxygen atoms in total. The fourth-order valence-corrected chi connectivity index (χ4v) is 3.14. The Bertz CT molecular complexity index is 1210. The lowest BCUT2D eigenvalue weighted by Crippen LogP contribution is -2.31. The lowest BCUT2D eigenvalue weighted by atomic mass is 10.00. The predicted octanol–water partition coefficient (Wildman–Crippen LogP) is 4.90. The molecule has 0 N–H and O–H groups in total. The van der Waals surface area contributed by atoms with Crippen molar-refractivity contribution in [2.24, 2.45) is 7.05 Å². The SMILES string of the molecule is [2H]C([2H])([2H])C([2H])(C)c1ccc(-c2cc3oc4cccnc4c3cc2C)[n+](C)c1. The van der Waals surface area contributed by atoms with Crippen LogP contribution >= 0.6 is 0 Å². The molecule has 0 radical (unpaired) electrons. The topological polar surface area (TPSA) is 29.9 Å². The van der Waals surface area contributed by atoms with E-state index in [4.69, 9.17) is 9.90 Å². The number of nitrogens with zero attached hydrogens (tertiary/aromatic N) is 2. The molecular formula is C21H21N2O+. The number of rotatable bonds is 2. The van der Waals surface area contributed by atoms with Gasteiger partial charge in [-0.05, 0) is 48.7 Å². The summed E-state index contributed by atoms with van der Waals surface area (Å²) >= 11 is 0. The molecule has 1 aromatic carbocycles. The van der Waals surface area contributed by atoms with Crippen LogP contribution in [0.4, 0.5) is 0 Å². The van der Waals surface area contributed by atoms with Crippen LogP contribution in [0.3, 0.4) is 0 Å². The van der Waals surface area contributed by atoms with Crippen molar-refractivity contribution in [3.63, 3.8) is 0 Å². The number of hydrogen-bond donors (Lipinski definition) is 0. The number of aromatic nitrogens is 2. The predicted molar refractivity (Wildman–Crippen MR) is 97.0 cm³/mol. The van der Waals surface area contributed by atoms with Gasteiger partial charge in [0.2, 0.25) is 5.69 Å². The Balaban J connectivity index is 1.86. The van der Waals surface area contributed by atoms with E-state index in [1.807, 2.05) is 42.8 Å². The molecule has 0 spiro atoms. The number of pyridine rings is 2. The van der Waals surface area contributed by atoms with Gasteiger partial charge in [0.25, 0.3) is 0 Å². The summed E-state index contributed by atoms with van der Waals surface area (Å²) in [5.74, 6) is -1.67. The Kier molecular flexibility index (Phi) is 2.49. The molecule has 120 valence electrons. The van der Waals surface area contributed by atoms with Crippen LogP contribution in [-0.2, 0) is 7.05 Å². The molecule has 3 heterocycles. The normalized spacial score (nSPS) is 17.1. The van der Waals surface area contributed by atoms with Crippen molar-refractivity contribution < 1.29 is 14.5 Å². The lowest BCUT2D eigenvalue weighted by Gasteiger charge is -2.08. The zero-order valence-corrected chi connectivity index (χ0v) is 13.9. The Morgan fingerprint density at radius 1 is 1.25 bits per heavy atom. The summed E-state index contributed by atoms with van der Waals surface area (Å²) in [6.07, 6.45) is 3.47. The summed E-state index contributed by atoms with van der Waals surface area (Å²) in [7, 11) is 1.86. The maximum atomic E-state index is 8.30. The maximum Gasteiger partial charge on any atom is 0.212 e. The van der Waals surface area contributed by atoms with Crippen molar-refractivity contribution in [1.82, 2.24) is 4.98 Å². The fourth-order valence-electron chi connectivity index (χ4n) is 3.14. The number of hydrogen-bond acceptors (Lipinski definition) is 2. The number of aryl methyl sites for hydroxylation is 2. The monoisotopic (exact) mass is 321 g/mol. The molecule has 3 heteroatoms. The molecule has 1 unspecified atom stereocenters. The second-order valence-corrected chi connectivity index (χ2v) is 6.15. The van der Waals surface area contributed by atoms with Gasteiger partial charge >= 0.3 is 0 Å². The standard InChI is InChI=1S/C21H21N2O/c1-13(2)15-7-8-18(23(4)12-15)16-11-20-17(10-14(16)3)21-19(24-20)6-5-9-22-21/h5-13H,1-4H3/q+1/i1D3,13D. The Morgan fingerprint density at radius 2 is 2.12 bits per heavy atom. The van der Waals surface area contributed by atoms with Gasteiger partial charge < -0.3 is 4.42 Å². The van der Waals surface area contributed by atoms with Gasteiger partial charge in [0.15, 0.2) is 11.8 Å². The molecule has 0 aliphatic carbocycles. The van der Waals surface area contributed by atoms with Gasteiger partial charge in [0.1, 0.15) is 18.1 Å². The van der Waals surface area contributed by atoms with Crippen molar-refractivity contribution >= 4 is 22.1 Å². The Hall–Kier alpha value is -2.68. The van der Waals surface area contributed by atoms with Crippen LogP contribution in [0.15, 0.2) is 53.2 Å². The van der Waals surface area contributed by atoms with Gasteiger partial charge in [-0.15, -0.1) is 0 Å². The van der Waals surface area contributed by atoms with Crippen molar-refractivity contribution in [2.45, 2.75) is 26.6 Å². The van der Waals surface area contributed by atoms with Gasteiger partial charge in [-0.1, -0.05) is 13.8 Å². The Labute approximate surface area is 147 Å². The first-order valence-corrected chi connectivity index (χ1v) is 7.88. The summed E-state index contributed by atoms with van der Waals surface area (Å²) < 4.78 is 39.1. The summed E-state index contributed by atoms with van der Waals surface area (Å²) in [5, 5.41) is 0.970. The molecule has 0 fully saturated rings. The smallest absolute Gasteiger partial charge is 0.212 e. The highest BCUT2D eigenvalue weighted by Crippen LogP contribution is 2.32. The van der Waals surface area contributed by atoms with E-state index in [1.54, 1.807) is 18.5 Å². The van der Waals surface area contributed by atoms with E-state index in [0.717, 1.165) is 38.9 Å². The number of fused-ring (bicyclic) bond motifs is 3. The minimum Gasteiger partial charge on any atom is -0.454 e. The molecule has 0 aliphatic rings. The lowest BCUT2D eigenvalue weighted by molar-refractivity contribution is -0.660. The molecule has 0 aliphatic heterocycles. The average molecular weight is 321 g/mol. The first-order chi connectivity index (χ1) is 13.1. The second kappa shape index (κ2) is 5.45. The van der Waals surface area contributed by atoms with E-state index in [0.29, 0.717) is 5.56 Å². The van der Waals surface area contributed by atoms with E-state index in [-0.39, 0.29) is 0 Å². The van der Waals surface area contributed by atoms with Crippen LogP contribution < -0.4 is 4.57 Å². The molecule has 4 aromatic rings. The molecule has 3 aromatic heterocycles. The third-order valence-corrected chi connectivity index (χ3v) is 4.41. The highest BCUT2D eigenvalue weighted by molar-refractivity contribution is 6.03. The molecule has 4 rings (SSSR count). The second-order valence-electron chi connectivity index (χ2n) is 6.15. The van der Waals surface area contributed by atoms with Crippen molar-refractivity contribution in [1.29, 1.82) is 0 Å². The molecule has 0 saturated carbocycles. The third-order valence-electron chi connectivity index (χ3n) is 4.41. The number of furan rings is 1. The van der Waals surface area contributed by atoms with Gasteiger partial charge in [-0.2, -0.15) is 0 Å². The van der Waals surface area contributed by atoms with Gasteiger partial charge in [-0.3, -0.25) is 4.98 Å². The van der Waals surface area contributed by atoms with Crippen LogP contribution in [0.25, 0.3) is 33.3 Å². The molecule has 0 bridgehead atoms. The van der Waals surface area contributed by atoms with E-state index in [9.17, 15) is 0 Å². The largest absolute Gasteiger partial charge is 0.454 e. The van der Waals surface area contributed by atoms with E-state index in [2.05, 4.69) is 11.1 Å². The average Bonchev–Trinajstić information content (AvgIpc) is 2.98. The van der Waals surface area contributed by atoms with Crippen molar-refractivity contribution in [2.75, 3.05) is 0 Å². The first-order valence-electron chi connectivity index (χ1n) is 9.88. The number of benzene rings is 1. The summed E-state index contributed by atoms with van der Waals surface area (Å²) in [4.78, 5) is 4.42. The van der Waals surface area contributed by atoms with Gasteiger partial charge in [0.05, 0.1) is 5.56 Å². The van der Waals surface area contributed by atoms with E-state index >= 15 is 0 Å². The van der Waals surface area contributed by atoms with Crippen LogP contribution in [0.1, 0.15) is 36.3 Å². The third kappa shape index (κ3) is 2.28. The van der Waals surface area contributed by atoms with Crippen molar-refractivity contribution in [3.05, 3.63) is 59.9 Å².